The van der Waals surface area contributed by atoms with Crippen LogP contribution in [0.25, 0.3) is 0 Å². The predicted molar refractivity (Wildman–Crippen MR) is 106 cm³/mol. The van der Waals surface area contributed by atoms with E-state index in [2.05, 4.69) is 5.32 Å². The predicted octanol–water partition coefficient (Wildman–Crippen LogP) is 0.799. The monoisotopic (exact) mass is 412 g/mol. The van der Waals surface area contributed by atoms with Gasteiger partial charge in [-0.3, -0.25) is 24.2 Å². The molecule has 3 rings (SSSR count). The number of urea groups is 1. The summed E-state index contributed by atoms with van der Waals surface area (Å²) >= 11 is 0. The molecule has 1 aliphatic rings. The number of amides is 4. The number of esters is 1. The summed E-state index contributed by atoms with van der Waals surface area (Å²) in [5.41, 5.74) is 6.58. The van der Waals surface area contributed by atoms with E-state index in [9.17, 15) is 24.3 Å². The van der Waals surface area contributed by atoms with Crippen molar-refractivity contribution in [3.63, 3.8) is 0 Å². The Morgan fingerprint density at radius 2 is 1.80 bits per heavy atom. The second-order valence-electron chi connectivity index (χ2n) is 6.64. The fraction of sp³-hybridized carbons (Fsp3) is 0.200. The van der Waals surface area contributed by atoms with E-state index in [1.807, 2.05) is 0 Å². The van der Waals surface area contributed by atoms with Gasteiger partial charge < -0.3 is 20.9 Å². The van der Waals surface area contributed by atoms with Gasteiger partial charge in [0, 0.05) is 31.3 Å². The Bertz CT molecular complexity index is 1010. The first kappa shape index (κ1) is 20.8. The van der Waals surface area contributed by atoms with Gasteiger partial charge in [-0.15, -0.1) is 0 Å². The summed E-state index contributed by atoms with van der Waals surface area (Å²) in [6.07, 6.45) is -1.17. The smallest absolute Gasteiger partial charge is 0.332 e. The highest BCUT2D eigenvalue weighted by atomic mass is 16.5. The number of benzene rings is 2. The van der Waals surface area contributed by atoms with Gasteiger partial charge in [-0.05, 0) is 24.3 Å². The highest BCUT2D eigenvalue weighted by molar-refractivity contribution is 6.10. The van der Waals surface area contributed by atoms with Crippen LogP contribution in [-0.2, 0) is 9.59 Å². The number of nitrogens with two attached hydrogens (primary N) is 1. The van der Waals surface area contributed by atoms with Crippen molar-refractivity contribution in [3.05, 3.63) is 54.1 Å². The molecule has 0 saturated carbocycles. The Labute approximate surface area is 171 Å². The normalized spacial score (nSPS) is 18.9. The van der Waals surface area contributed by atoms with E-state index in [0.29, 0.717) is 5.69 Å². The van der Waals surface area contributed by atoms with Crippen LogP contribution in [0.4, 0.5) is 10.5 Å². The third kappa shape index (κ3) is 4.08. The molecular weight excluding hydrogens is 392 g/mol. The number of phenolic OH excluding ortho intramolecular Hbond substituents is 1. The Kier molecular flexibility index (Phi) is 5.70. The molecule has 0 bridgehead atoms. The number of phenols is 1. The number of aromatic hydroxyl groups is 1. The van der Waals surface area contributed by atoms with Crippen LogP contribution in [-0.4, -0.2) is 53.1 Å². The van der Waals surface area contributed by atoms with Crippen LogP contribution >= 0.6 is 0 Å². The van der Waals surface area contributed by atoms with Crippen molar-refractivity contribution < 1.29 is 29.0 Å². The van der Waals surface area contributed by atoms with Crippen molar-refractivity contribution in [1.29, 1.82) is 0 Å². The summed E-state index contributed by atoms with van der Waals surface area (Å²) in [6.45, 7) is 1.18. The van der Waals surface area contributed by atoms with Crippen molar-refractivity contribution in [1.82, 2.24) is 10.2 Å². The lowest BCUT2D eigenvalue weighted by Gasteiger charge is -2.41. The van der Waals surface area contributed by atoms with Crippen LogP contribution in [0.3, 0.4) is 0 Å². The molecule has 30 heavy (non-hydrogen) atoms. The van der Waals surface area contributed by atoms with Crippen molar-refractivity contribution in [2.45, 2.75) is 19.1 Å². The van der Waals surface area contributed by atoms with Crippen molar-refractivity contribution >= 4 is 29.5 Å². The lowest BCUT2D eigenvalue weighted by atomic mass is 10.1. The number of imide groups is 1. The summed E-state index contributed by atoms with van der Waals surface area (Å²) < 4.78 is 4.89. The first-order chi connectivity index (χ1) is 14.2. The number of carbonyl (C=O) groups excluding carboxylic acids is 4. The second kappa shape index (κ2) is 8.21. The quantitative estimate of drug-likeness (QED) is 0.498. The molecule has 0 radical (unpaired) electrons. The lowest BCUT2D eigenvalue weighted by Crippen LogP contribution is -2.71. The van der Waals surface area contributed by atoms with Gasteiger partial charge in [-0.25, -0.2) is 4.79 Å². The topological polar surface area (TPSA) is 142 Å². The summed E-state index contributed by atoms with van der Waals surface area (Å²) in [7, 11) is 1.29. The maximum atomic E-state index is 12.7. The van der Waals surface area contributed by atoms with Crippen LogP contribution in [0.15, 0.2) is 48.5 Å². The van der Waals surface area contributed by atoms with Gasteiger partial charge in [0.05, 0.1) is 0 Å². The molecule has 10 heteroatoms. The van der Waals surface area contributed by atoms with Crippen LogP contribution in [0.1, 0.15) is 17.3 Å². The third-order valence-electron chi connectivity index (χ3n) is 4.47. The van der Waals surface area contributed by atoms with E-state index in [1.54, 1.807) is 30.3 Å². The molecule has 2 aromatic rings. The maximum Gasteiger partial charge on any atom is 0.332 e. The summed E-state index contributed by atoms with van der Waals surface area (Å²) in [5.74, 6) is -2.41. The van der Waals surface area contributed by atoms with Gasteiger partial charge in [-0.1, -0.05) is 18.2 Å². The highest BCUT2D eigenvalue weighted by Crippen LogP contribution is 2.25. The molecule has 4 amide bonds. The first-order valence-electron chi connectivity index (χ1n) is 8.93. The fourth-order valence-corrected chi connectivity index (χ4v) is 3.07. The standard InChI is InChI=1S/C20H20N4O6/c1-11(25)30-15-9-12(8-14(26)10-15)18(27)22-16-17(21)24(13-6-4-3-5-7-13)20(29)23(2)19(16)28/h3-10,16-17,26H,21H2,1-2H3,(H,22,27). The van der Waals surface area contributed by atoms with Crippen LogP contribution in [0.5, 0.6) is 11.5 Å². The van der Waals surface area contributed by atoms with E-state index in [4.69, 9.17) is 10.5 Å². The Balaban J connectivity index is 1.88. The zero-order valence-corrected chi connectivity index (χ0v) is 16.2. The molecule has 4 N–H and O–H groups in total. The number of anilines is 1. The van der Waals surface area contributed by atoms with Crippen molar-refractivity contribution in [2.75, 3.05) is 11.9 Å². The van der Waals surface area contributed by atoms with Gasteiger partial charge >= 0.3 is 12.0 Å². The molecule has 1 saturated heterocycles. The molecule has 2 aromatic carbocycles. The van der Waals surface area contributed by atoms with Gasteiger partial charge in [0.25, 0.3) is 11.8 Å². The highest BCUT2D eigenvalue weighted by Gasteiger charge is 2.44. The number of carbonyl (C=O) groups is 4. The molecular formula is C20H20N4O6. The van der Waals surface area contributed by atoms with Crippen molar-refractivity contribution in [2.24, 2.45) is 5.73 Å². The molecule has 2 atom stereocenters. The number of hydrogen-bond acceptors (Lipinski definition) is 7. The minimum Gasteiger partial charge on any atom is -0.508 e. The zero-order chi connectivity index (χ0) is 22.0. The van der Waals surface area contributed by atoms with E-state index < -0.39 is 36.0 Å². The molecule has 0 aliphatic carbocycles. The Hall–Kier alpha value is -3.92. The third-order valence-corrected chi connectivity index (χ3v) is 4.47. The van der Waals surface area contributed by atoms with Gasteiger partial charge in [0.2, 0.25) is 0 Å². The van der Waals surface area contributed by atoms with E-state index >= 15 is 0 Å². The number of rotatable bonds is 4. The SMILES string of the molecule is CC(=O)Oc1cc(O)cc(C(=O)NC2C(=O)N(C)C(=O)N(c3ccccc3)C2N)c1. The number of likely N-dealkylation sites (N-methyl/N-ethyl adjacent to an activating group) is 1. The van der Waals surface area contributed by atoms with E-state index in [1.165, 1.54) is 31.0 Å². The molecule has 156 valence electrons. The number of nitrogens with one attached hydrogen (secondary N) is 1. The minimum atomic E-state index is -1.25. The molecule has 0 spiro atoms. The second-order valence-corrected chi connectivity index (χ2v) is 6.64. The van der Waals surface area contributed by atoms with Gasteiger partial charge in [0.15, 0.2) is 0 Å². The molecule has 0 aromatic heterocycles. The van der Waals surface area contributed by atoms with Crippen LogP contribution in [0.2, 0.25) is 0 Å². The average molecular weight is 412 g/mol. The van der Waals surface area contributed by atoms with Crippen molar-refractivity contribution in [3.8, 4) is 11.5 Å². The van der Waals surface area contributed by atoms with Gasteiger partial charge in [0.1, 0.15) is 23.7 Å². The number of hydrogen-bond donors (Lipinski definition) is 3. The summed E-state index contributed by atoms with van der Waals surface area (Å²) in [4.78, 5) is 51.2. The number of para-hydroxylation sites is 1. The number of ether oxygens (including phenoxy) is 1. The fourth-order valence-electron chi connectivity index (χ4n) is 3.07. The van der Waals surface area contributed by atoms with Crippen LogP contribution < -0.4 is 20.7 Å². The lowest BCUT2D eigenvalue weighted by molar-refractivity contribution is -0.132. The Morgan fingerprint density at radius 3 is 2.43 bits per heavy atom. The molecule has 1 fully saturated rings. The van der Waals surface area contributed by atoms with E-state index in [0.717, 1.165) is 11.0 Å². The van der Waals surface area contributed by atoms with Gasteiger partial charge in [-0.2, -0.15) is 0 Å². The summed E-state index contributed by atoms with van der Waals surface area (Å²) in [6, 6.07) is 10.2. The van der Waals surface area contributed by atoms with E-state index in [-0.39, 0.29) is 17.1 Å². The summed E-state index contributed by atoms with van der Waals surface area (Å²) in [5, 5.41) is 12.3. The first-order valence-corrected chi connectivity index (χ1v) is 8.93. The average Bonchev–Trinajstić information content (AvgIpc) is 2.69. The maximum absolute atomic E-state index is 12.7. The molecule has 2 unspecified atom stereocenters. The largest absolute Gasteiger partial charge is 0.508 e. The van der Waals surface area contributed by atoms with Crippen LogP contribution in [0, 0.1) is 0 Å². The minimum absolute atomic E-state index is 0.0369. The molecule has 10 nitrogen and oxygen atoms in total. The number of nitrogens with zero attached hydrogens (tertiary/aromatic N) is 2. The zero-order valence-electron chi connectivity index (χ0n) is 16.2. The Morgan fingerprint density at radius 1 is 1.13 bits per heavy atom. The molecule has 1 heterocycles. The molecule has 1 aliphatic heterocycles.